The van der Waals surface area contributed by atoms with Crippen molar-refractivity contribution in [3.8, 4) is 0 Å². The molecule has 3 amide bonds. The smallest absolute Gasteiger partial charge is 0.227 e. The first-order chi connectivity index (χ1) is 13.1. The van der Waals surface area contributed by atoms with Crippen molar-refractivity contribution in [3.05, 3.63) is 35.9 Å². The van der Waals surface area contributed by atoms with Crippen molar-refractivity contribution in [3.63, 3.8) is 0 Å². The standard InChI is InChI=1S/C20H26ClN3O3/c21-9-6-18(25)22-17-7-10-23(11-8-17)20(27)16-12-19(26)24(14-16)13-15-4-2-1-3-5-15/h1-5,16-17H,6-14H2,(H,22,25). The van der Waals surface area contributed by atoms with E-state index in [0.29, 0.717) is 38.5 Å². The predicted octanol–water partition coefficient (Wildman–Crippen LogP) is 1.77. The number of amides is 3. The van der Waals surface area contributed by atoms with Crippen LogP contribution >= 0.6 is 11.6 Å². The van der Waals surface area contributed by atoms with Crippen molar-refractivity contribution in [2.45, 2.75) is 38.3 Å². The van der Waals surface area contributed by atoms with E-state index >= 15 is 0 Å². The highest BCUT2D eigenvalue weighted by atomic mass is 35.5. The summed E-state index contributed by atoms with van der Waals surface area (Å²) in [7, 11) is 0. The van der Waals surface area contributed by atoms with Gasteiger partial charge in [0, 0.05) is 50.9 Å². The minimum absolute atomic E-state index is 0.0345. The van der Waals surface area contributed by atoms with Crippen molar-refractivity contribution < 1.29 is 14.4 Å². The maximum absolute atomic E-state index is 12.8. The molecule has 0 bridgehead atoms. The molecule has 0 spiro atoms. The van der Waals surface area contributed by atoms with Crippen molar-refractivity contribution in [2.24, 2.45) is 5.92 Å². The Kier molecular flexibility index (Phi) is 6.72. The zero-order valence-electron chi connectivity index (χ0n) is 15.4. The lowest BCUT2D eigenvalue weighted by atomic mass is 10.0. The number of likely N-dealkylation sites (tertiary alicyclic amines) is 2. The number of halogens is 1. The fraction of sp³-hybridized carbons (Fsp3) is 0.550. The van der Waals surface area contributed by atoms with E-state index in [1.54, 1.807) is 4.90 Å². The number of carbonyl (C=O) groups is 3. The molecule has 0 radical (unpaired) electrons. The zero-order chi connectivity index (χ0) is 19.2. The van der Waals surface area contributed by atoms with Crippen LogP contribution in [0.1, 0.15) is 31.2 Å². The van der Waals surface area contributed by atoms with Crippen molar-refractivity contribution in [1.29, 1.82) is 0 Å². The van der Waals surface area contributed by atoms with Gasteiger partial charge in [-0.05, 0) is 18.4 Å². The van der Waals surface area contributed by atoms with Gasteiger partial charge < -0.3 is 15.1 Å². The number of nitrogens with one attached hydrogen (secondary N) is 1. The molecule has 0 aromatic heterocycles. The first kappa shape index (κ1) is 19.7. The Morgan fingerprint density at radius 1 is 1.15 bits per heavy atom. The van der Waals surface area contributed by atoms with E-state index in [1.165, 1.54) is 0 Å². The molecule has 2 fully saturated rings. The highest BCUT2D eigenvalue weighted by Crippen LogP contribution is 2.24. The van der Waals surface area contributed by atoms with E-state index in [0.717, 1.165) is 18.4 Å². The fourth-order valence-corrected chi connectivity index (χ4v) is 3.95. The summed E-state index contributed by atoms with van der Waals surface area (Å²) in [5.74, 6) is 0.124. The molecule has 1 aromatic rings. The summed E-state index contributed by atoms with van der Waals surface area (Å²) in [4.78, 5) is 40.4. The molecular formula is C20H26ClN3O3. The molecule has 146 valence electrons. The predicted molar refractivity (Wildman–Crippen MR) is 103 cm³/mol. The van der Waals surface area contributed by atoms with E-state index < -0.39 is 0 Å². The van der Waals surface area contributed by atoms with E-state index in [4.69, 9.17) is 11.6 Å². The van der Waals surface area contributed by atoms with Crippen LogP contribution in [0.2, 0.25) is 0 Å². The number of hydrogen-bond donors (Lipinski definition) is 1. The van der Waals surface area contributed by atoms with E-state index in [2.05, 4.69) is 5.32 Å². The molecular weight excluding hydrogens is 366 g/mol. The lowest BCUT2D eigenvalue weighted by molar-refractivity contribution is -0.137. The van der Waals surface area contributed by atoms with Crippen LogP contribution in [0.15, 0.2) is 30.3 Å². The highest BCUT2D eigenvalue weighted by molar-refractivity contribution is 6.18. The number of alkyl halides is 1. The number of nitrogens with zero attached hydrogens (tertiary/aromatic N) is 2. The summed E-state index contributed by atoms with van der Waals surface area (Å²) in [5.41, 5.74) is 1.08. The Morgan fingerprint density at radius 3 is 2.52 bits per heavy atom. The van der Waals surface area contributed by atoms with Gasteiger partial charge in [-0.3, -0.25) is 14.4 Å². The van der Waals surface area contributed by atoms with Crippen molar-refractivity contribution in [2.75, 3.05) is 25.5 Å². The topological polar surface area (TPSA) is 69.7 Å². The maximum atomic E-state index is 12.8. The summed E-state index contributed by atoms with van der Waals surface area (Å²) in [6.45, 7) is 2.28. The van der Waals surface area contributed by atoms with Gasteiger partial charge in [0.25, 0.3) is 0 Å². The van der Waals surface area contributed by atoms with Gasteiger partial charge in [0.05, 0.1) is 5.92 Å². The Balaban J connectivity index is 1.47. The molecule has 1 unspecified atom stereocenters. The summed E-state index contributed by atoms with van der Waals surface area (Å²) < 4.78 is 0. The molecule has 2 aliphatic rings. The van der Waals surface area contributed by atoms with E-state index in [9.17, 15) is 14.4 Å². The van der Waals surface area contributed by atoms with Crippen LogP contribution in [-0.2, 0) is 20.9 Å². The monoisotopic (exact) mass is 391 g/mol. The molecule has 2 heterocycles. The largest absolute Gasteiger partial charge is 0.353 e. The Hall–Kier alpha value is -2.08. The van der Waals surface area contributed by atoms with Gasteiger partial charge in [-0.25, -0.2) is 0 Å². The van der Waals surface area contributed by atoms with E-state index in [1.807, 2.05) is 35.2 Å². The Labute approximate surface area is 164 Å². The molecule has 2 saturated heterocycles. The van der Waals surface area contributed by atoms with E-state index in [-0.39, 0.29) is 36.1 Å². The molecule has 0 aliphatic carbocycles. The van der Waals surface area contributed by atoms with Crippen molar-refractivity contribution >= 4 is 29.3 Å². The molecule has 27 heavy (non-hydrogen) atoms. The Bertz CT molecular complexity index is 674. The third-order valence-corrected chi connectivity index (χ3v) is 5.46. The van der Waals surface area contributed by atoms with Gasteiger partial charge in [0.1, 0.15) is 0 Å². The van der Waals surface area contributed by atoms with Crippen LogP contribution in [0, 0.1) is 5.92 Å². The van der Waals surface area contributed by atoms with Crippen LogP contribution in [0.3, 0.4) is 0 Å². The molecule has 2 aliphatic heterocycles. The second-order valence-corrected chi connectivity index (χ2v) is 7.64. The minimum Gasteiger partial charge on any atom is -0.353 e. The summed E-state index contributed by atoms with van der Waals surface area (Å²) in [6, 6.07) is 9.94. The van der Waals surface area contributed by atoms with Crippen molar-refractivity contribution in [1.82, 2.24) is 15.1 Å². The molecule has 1 atom stereocenters. The SMILES string of the molecule is O=C(CCCl)NC1CCN(C(=O)C2CC(=O)N(Cc3ccccc3)C2)CC1. The van der Waals surface area contributed by atoms with Gasteiger partial charge in [-0.1, -0.05) is 30.3 Å². The molecule has 1 N–H and O–H groups in total. The lowest BCUT2D eigenvalue weighted by Crippen LogP contribution is -2.48. The van der Waals surface area contributed by atoms with Crippen LogP contribution < -0.4 is 5.32 Å². The number of benzene rings is 1. The van der Waals surface area contributed by atoms with Crippen LogP contribution in [-0.4, -0.2) is 59.1 Å². The summed E-state index contributed by atoms with van der Waals surface area (Å²) >= 11 is 5.58. The number of piperidine rings is 1. The summed E-state index contributed by atoms with van der Waals surface area (Å²) in [5, 5.41) is 2.97. The third kappa shape index (κ3) is 5.22. The molecule has 0 saturated carbocycles. The first-order valence-electron chi connectivity index (χ1n) is 9.52. The van der Waals surface area contributed by atoms with Crippen LogP contribution in [0.4, 0.5) is 0 Å². The number of hydrogen-bond acceptors (Lipinski definition) is 3. The Morgan fingerprint density at radius 2 is 1.85 bits per heavy atom. The molecule has 3 rings (SSSR count). The quantitative estimate of drug-likeness (QED) is 0.751. The highest BCUT2D eigenvalue weighted by Gasteiger charge is 2.37. The molecule has 1 aromatic carbocycles. The lowest BCUT2D eigenvalue weighted by Gasteiger charge is -2.33. The maximum Gasteiger partial charge on any atom is 0.227 e. The minimum atomic E-state index is -0.261. The normalized spacial score (nSPS) is 20.8. The average Bonchev–Trinajstić information content (AvgIpc) is 3.03. The van der Waals surface area contributed by atoms with Gasteiger partial charge >= 0.3 is 0 Å². The molecule has 7 heteroatoms. The van der Waals surface area contributed by atoms with Gasteiger partial charge in [0.2, 0.25) is 17.7 Å². The second-order valence-electron chi connectivity index (χ2n) is 7.27. The zero-order valence-corrected chi connectivity index (χ0v) is 16.2. The van der Waals surface area contributed by atoms with Crippen LogP contribution in [0.5, 0.6) is 0 Å². The van der Waals surface area contributed by atoms with Crippen LogP contribution in [0.25, 0.3) is 0 Å². The third-order valence-electron chi connectivity index (χ3n) is 5.27. The second kappa shape index (κ2) is 9.22. The average molecular weight is 392 g/mol. The summed E-state index contributed by atoms with van der Waals surface area (Å²) in [6.07, 6.45) is 2.10. The molecule has 6 nitrogen and oxygen atoms in total. The van der Waals surface area contributed by atoms with Gasteiger partial charge in [-0.2, -0.15) is 0 Å². The first-order valence-corrected chi connectivity index (χ1v) is 10.1. The number of carbonyl (C=O) groups excluding carboxylic acids is 3. The van der Waals surface area contributed by atoms with Gasteiger partial charge in [-0.15, -0.1) is 11.6 Å². The fourth-order valence-electron chi connectivity index (χ4n) is 3.78. The van der Waals surface area contributed by atoms with Gasteiger partial charge in [0.15, 0.2) is 0 Å². The number of rotatable bonds is 6.